The predicted octanol–water partition coefficient (Wildman–Crippen LogP) is 2.08. The molecule has 3 rings (SSSR count). The average molecular weight is 286 g/mol. The number of hydrogen-bond donors (Lipinski definition) is 1. The molecule has 0 saturated heterocycles. The molecule has 1 unspecified atom stereocenters. The molecule has 0 spiro atoms. The number of carboxylic acid groups (broad SMARTS) is 1. The maximum absolute atomic E-state index is 12.3. The van der Waals surface area contributed by atoms with Gasteiger partial charge in [-0.25, -0.2) is 0 Å². The van der Waals surface area contributed by atoms with Gasteiger partial charge in [0, 0.05) is 22.6 Å². The fraction of sp³-hybridized carbons (Fsp3) is 0.312. The number of carbonyl (C=O) groups is 3. The number of carbonyl (C=O) groups excluding carboxylic acids is 2. The molecule has 0 saturated carbocycles. The van der Waals surface area contributed by atoms with Crippen molar-refractivity contribution in [1.29, 1.82) is 0 Å². The lowest BCUT2D eigenvalue weighted by Gasteiger charge is -2.32. The summed E-state index contributed by atoms with van der Waals surface area (Å²) >= 11 is 0. The maximum Gasteiger partial charge on any atom is 0.304 e. The highest BCUT2D eigenvalue weighted by molar-refractivity contribution is 6.52. The summed E-state index contributed by atoms with van der Waals surface area (Å²) in [5, 5.41) is 9.01. The van der Waals surface area contributed by atoms with Crippen molar-refractivity contribution in [3.05, 3.63) is 40.0 Å². The second-order valence-electron chi connectivity index (χ2n) is 5.44. The van der Waals surface area contributed by atoms with Crippen LogP contribution in [-0.2, 0) is 14.3 Å². The third kappa shape index (κ3) is 1.88. The van der Waals surface area contributed by atoms with Crippen LogP contribution in [0.4, 0.5) is 0 Å². The van der Waals surface area contributed by atoms with Gasteiger partial charge in [0.25, 0.3) is 0 Å². The van der Waals surface area contributed by atoms with Gasteiger partial charge in [-0.3, -0.25) is 14.4 Å². The highest BCUT2D eigenvalue weighted by Crippen LogP contribution is 2.42. The Kier molecular flexibility index (Phi) is 2.93. The second kappa shape index (κ2) is 4.55. The molecule has 1 aliphatic heterocycles. The summed E-state index contributed by atoms with van der Waals surface area (Å²) in [5.74, 6) is -1.88. The zero-order chi connectivity index (χ0) is 15.3. The van der Waals surface area contributed by atoms with Crippen LogP contribution in [0.1, 0.15) is 46.3 Å². The molecule has 5 heteroatoms. The lowest BCUT2D eigenvalue weighted by Crippen LogP contribution is -2.30. The molecule has 21 heavy (non-hydrogen) atoms. The van der Waals surface area contributed by atoms with Crippen LogP contribution in [0.2, 0.25) is 0 Å². The third-order valence-electron chi connectivity index (χ3n) is 4.08. The first kappa shape index (κ1) is 13.5. The zero-order valence-corrected chi connectivity index (χ0v) is 11.7. The van der Waals surface area contributed by atoms with Crippen molar-refractivity contribution in [2.45, 2.75) is 26.2 Å². The maximum atomic E-state index is 12.3. The van der Waals surface area contributed by atoms with E-state index in [0.29, 0.717) is 28.0 Å². The van der Waals surface area contributed by atoms with E-state index in [1.54, 1.807) is 19.9 Å². The smallest absolute Gasteiger partial charge is 0.304 e. The highest BCUT2D eigenvalue weighted by atomic mass is 16.5. The summed E-state index contributed by atoms with van der Waals surface area (Å²) in [4.78, 5) is 35.3. The topological polar surface area (TPSA) is 80.7 Å². The van der Waals surface area contributed by atoms with Crippen molar-refractivity contribution in [2.24, 2.45) is 0 Å². The highest BCUT2D eigenvalue weighted by Gasteiger charge is 2.39. The minimum atomic E-state index is -0.916. The molecule has 5 nitrogen and oxygen atoms in total. The zero-order valence-electron chi connectivity index (χ0n) is 11.7. The van der Waals surface area contributed by atoms with Crippen molar-refractivity contribution in [3.63, 3.8) is 0 Å². The molecule has 0 aromatic heterocycles. The number of aliphatic carboxylic acids is 1. The number of aryl methyl sites for hydroxylation is 1. The Bertz CT molecular complexity index is 726. The average Bonchev–Trinajstić information content (AvgIpc) is 2.43. The number of ether oxygens (including phenoxy) is 1. The van der Waals surface area contributed by atoms with Crippen LogP contribution in [0, 0.1) is 6.92 Å². The fourth-order valence-corrected chi connectivity index (χ4v) is 3.01. The van der Waals surface area contributed by atoms with E-state index in [0.717, 1.165) is 5.56 Å². The first-order valence-electron chi connectivity index (χ1n) is 6.70. The molecule has 1 aromatic carbocycles. The number of allylic oxidation sites excluding steroid dienone is 1. The standard InChI is InChI=1S/C16H14O5/c1-7-3-4-10-9(5-11(17)18)6-21-16-8(2)14(19)15(20)12(7)13(10)16/h3-4,9H,5-6H2,1-2H3,(H,17,18). The molecule has 1 atom stereocenters. The molecule has 0 radical (unpaired) electrons. The number of Topliss-reactive ketones (excluding diaryl/α,β-unsaturated/α-hetero) is 2. The van der Waals surface area contributed by atoms with Gasteiger partial charge in [0.05, 0.1) is 13.0 Å². The number of rotatable bonds is 2. The molecule has 1 aromatic rings. The van der Waals surface area contributed by atoms with Crippen molar-refractivity contribution < 1.29 is 24.2 Å². The molecular formula is C16H14O5. The normalized spacial score (nSPS) is 20.2. The Morgan fingerprint density at radius 2 is 1.95 bits per heavy atom. The Labute approximate surface area is 121 Å². The summed E-state index contributed by atoms with van der Waals surface area (Å²) < 4.78 is 5.63. The van der Waals surface area contributed by atoms with Crippen molar-refractivity contribution in [3.8, 4) is 0 Å². The van der Waals surface area contributed by atoms with E-state index in [2.05, 4.69) is 0 Å². The summed E-state index contributed by atoms with van der Waals surface area (Å²) in [7, 11) is 0. The first-order chi connectivity index (χ1) is 9.91. The number of benzene rings is 1. The monoisotopic (exact) mass is 286 g/mol. The van der Waals surface area contributed by atoms with E-state index >= 15 is 0 Å². The Morgan fingerprint density at radius 1 is 1.24 bits per heavy atom. The largest absolute Gasteiger partial charge is 0.492 e. The van der Waals surface area contributed by atoms with Crippen LogP contribution in [0.25, 0.3) is 5.76 Å². The predicted molar refractivity (Wildman–Crippen MR) is 74.1 cm³/mol. The van der Waals surface area contributed by atoms with E-state index in [4.69, 9.17) is 9.84 Å². The number of hydrogen-bond acceptors (Lipinski definition) is 4. The summed E-state index contributed by atoms with van der Waals surface area (Å²) in [5.41, 5.74) is 2.74. The van der Waals surface area contributed by atoms with Crippen LogP contribution < -0.4 is 0 Å². The van der Waals surface area contributed by atoms with Crippen LogP contribution in [-0.4, -0.2) is 29.2 Å². The quantitative estimate of drug-likeness (QED) is 0.842. The van der Waals surface area contributed by atoms with E-state index in [1.807, 2.05) is 6.07 Å². The molecule has 0 fully saturated rings. The molecule has 2 aliphatic rings. The Morgan fingerprint density at radius 3 is 2.62 bits per heavy atom. The van der Waals surface area contributed by atoms with Gasteiger partial charge in [-0.1, -0.05) is 12.1 Å². The molecule has 108 valence electrons. The van der Waals surface area contributed by atoms with Gasteiger partial charge < -0.3 is 9.84 Å². The molecule has 1 aliphatic carbocycles. The van der Waals surface area contributed by atoms with Crippen molar-refractivity contribution >= 4 is 23.3 Å². The van der Waals surface area contributed by atoms with Crippen molar-refractivity contribution in [2.75, 3.05) is 6.61 Å². The van der Waals surface area contributed by atoms with E-state index < -0.39 is 17.5 Å². The van der Waals surface area contributed by atoms with Gasteiger partial charge in [-0.05, 0) is 25.0 Å². The summed E-state index contributed by atoms with van der Waals surface area (Å²) in [6, 6.07) is 3.60. The summed E-state index contributed by atoms with van der Waals surface area (Å²) in [6.07, 6.45) is -0.0655. The summed E-state index contributed by atoms with van der Waals surface area (Å²) in [6.45, 7) is 3.54. The van der Waals surface area contributed by atoms with Gasteiger partial charge in [0.15, 0.2) is 0 Å². The minimum Gasteiger partial charge on any atom is -0.492 e. The lowest BCUT2D eigenvalue weighted by molar-refractivity contribution is -0.137. The number of carboxylic acids is 1. The third-order valence-corrected chi connectivity index (χ3v) is 4.08. The molecule has 1 heterocycles. The van der Waals surface area contributed by atoms with Crippen LogP contribution in [0.3, 0.4) is 0 Å². The molecular weight excluding hydrogens is 272 g/mol. The van der Waals surface area contributed by atoms with Crippen molar-refractivity contribution in [1.82, 2.24) is 0 Å². The minimum absolute atomic E-state index is 0.0655. The van der Waals surface area contributed by atoms with Crippen LogP contribution in [0.15, 0.2) is 17.7 Å². The lowest BCUT2D eigenvalue weighted by atomic mass is 9.78. The van der Waals surface area contributed by atoms with Crippen LogP contribution in [0.5, 0.6) is 0 Å². The molecule has 0 bridgehead atoms. The first-order valence-corrected chi connectivity index (χ1v) is 6.70. The Hall–Kier alpha value is -2.43. The van der Waals surface area contributed by atoms with Gasteiger partial charge in [0.2, 0.25) is 11.6 Å². The van der Waals surface area contributed by atoms with Gasteiger partial charge in [-0.2, -0.15) is 0 Å². The van der Waals surface area contributed by atoms with E-state index in [-0.39, 0.29) is 18.9 Å². The molecule has 0 amide bonds. The second-order valence-corrected chi connectivity index (χ2v) is 5.44. The molecule has 1 N–H and O–H groups in total. The van der Waals surface area contributed by atoms with E-state index in [1.165, 1.54) is 0 Å². The van der Waals surface area contributed by atoms with Gasteiger partial charge in [0.1, 0.15) is 5.76 Å². The fourth-order valence-electron chi connectivity index (χ4n) is 3.01. The van der Waals surface area contributed by atoms with E-state index in [9.17, 15) is 14.4 Å². The number of ketones is 2. The van der Waals surface area contributed by atoms with Gasteiger partial charge >= 0.3 is 5.97 Å². The Balaban J connectivity index is 2.28. The van der Waals surface area contributed by atoms with Gasteiger partial charge in [-0.15, -0.1) is 0 Å². The van der Waals surface area contributed by atoms with Crippen LogP contribution >= 0.6 is 0 Å². The SMILES string of the molecule is CC1=C2OCC(CC(=O)O)c3ccc(C)c(c32)C(=O)C1=O.